The Morgan fingerprint density at radius 3 is 2.60 bits per heavy atom. The van der Waals surface area contributed by atoms with Crippen LogP contribution in [-0.4, -0.2) is 36.0 Å². The van der Waals surface area contributed by atoms with Crippen molar-refractivity contribution in [2.24, 2.45) is 0 Å². The van der Waals surface area contributed by atoms with E-state index in [4.69, 9.17) is 5.11 Å². The van der Waals surface area contributed by atoms with Crippen molar-refractivity contribution in [2.45, 2.75) is 25.7 Å². The van der Waals surface area contributed by atoms with Crippen LogP contribution in [0.25, 0.3) is 0 Å². The lowest BCUT2D eigenvalue weighted by molar-refractivity contribution is -0.137. The molecule has 0 fully saturated rings. The number of hydrogen-bond acceptors (Lipinski definition) is 4. The molecule has 0 aromatic carbocycles. The zero-order valence-corrected chi connectivity index (χ0v) is 11.9. The lowest BCUT2D eigenvalue weighted by atomic mass is 10.2. The molecule has 20 heavy (non-hydrogen) atoms. The molecular formula is C13H18N2O4S. The topological polar surface area (TPSA) is 95.5 Å². The van der Waals surface area contributed by atoms with Crippen molar-refractivity contribution in [1.82, 2.24) is 10.6 Å². The second-order valence-electron chi connectivity index (χ2n) is 4.21. The van der Waals surface area contributed by atoms with E-state index in [2.05, 4.69) is 10.6 Å². The van der Waals surface area contributed by atoms with Crippen LogP contribution in [0.2, 0.25) is 0 Å². The fourth-order valence-corrected chi connectivity index (χ4v) is 2.16. The molecule has 3 N–H and O–H groups in total. The van der Waals surface area contributed by atoms with Gasteiger partial charge < -0.3 is 15.7 Å². The SMILES string of the molecule is O=C(O)CCCCCNC(=O)CNC(=O)c1cccs1. The van der Waals surface area contributed by atoms with Gasteiger partial charge in [-0.3, -0.25) is 14.4 Å². The van der Waals surface area contributed by atoms with E-state index in [0.29, 0.717) is 17.8 Å². The number of thiophene rings is 1. The van der Waals surface area contributed by atoms with E-state index in [0.717, 1.165) is 12.8 Å². The van der Waals surface area contributed by atoms with Crippen molar-refractivity contribution >= 4 is 29.1 Å². The van der Waals surface area contributed by atoms with E-state index >= 15 is 0 Å². The normalized spacial score (nSPS) is 10.0. The lowest BCUT2D eigenvalue weighted by Gasteiger charge is -2.06. The van der Waals surface area contributed by atoms with Crippen LogP contribution in [-0.2, 0) is 9.59 Å². The van der Waals surface area contributed by atoms with E-state index in [-0.39, 0.29) is 24.8 Å². The standard InChI is InChI=1S/C13H18N2O4S/c16-11(14-7-3-1-2-6-12(17)18)9-15-13(19)10-5-4-8-20-10/h4-5,8H,1-3,6-7,9H2,(H,14,16)(H,15,19)(H,17,18). The molecule has 0 radical (unpaired) electrons. The van der Waals surface area contributed by atoms with Crippen LogP contribution in [0.4, 0.5) is 0 Å². The van der Waals surface area contributed by atoms with E-state index < -0.39 is 5.97 Å². The molecule has 1 rings (SSSR count). The monoisotopic (exact) mass is 298 g/mol. The minimum Gasteiger partial charge on any atom is -0.481 e. The number of carboxylic acid groups (broad SMARTS) is 1. The van der Waals surface area contributed by atoms with Crippen LogP contribution >= 0.6 is 11.3 Å². The second kappa shape index (κ2) is 9.08. The number of carbonyl (C=O) groups excluding carboxylic acids is 2. The summed E-state index contributed by atoms with van der Waals surface area (Å²) >= 11 is 1.32. The number of hydrogen-bond donors (Lipinski definition) is 3. The quantitative estimate of drug-likeness (QED) is 0.598. The molecule has 0 aliphatic rings. The molecule has 0 spiro atoms. The Kier molecular flexibility index (Phi) is 7.34. The minimum absolute atomic E-state index is 0.0497. The molecule has 1 aromatic rings. The number of rotatable bonds is 9. The van der Waals surface area contributed by atoms with Crippen LogP contribution in [0, 0.1) is 0 Å². The predicted octanol–water partition coefficient (Wildman–Crippen LogP) is 1.24. The third-order valence-corrected chi connectivity index (χ3v) is 3.41. The lowest BCUT2D eigenvalue weighted by Crippen LogP contribution is -2.37. The summed E-state index contributed by atoms with van der Waals surface area (Å²) in [7, 11) is 0. The van der Waals surface area contributed by atoms with E-state index in [1.54, 1.807) is 17.5 Å². The Hall–Kier alpha value is -1.89. The molecule has 0 saturated heterocycles. The molecule has 6 nitrogen and oxygen atoms in total. The maximum atomic E-state index is 11.6. The summed E-state index contributed by atoms with van der Waals surface area (Å²) in [6.07, 6.45) is 2.26. The van der Waals surface area contributed by atoms with Crippen LogP contribution in [0.1, 0.15) is 35.4 Å². The molecule has 0 saturated carbocycles. The van der Waals surface area contributed by atoms with Crippen molar-refractivity contribution in [3.05, 3.63) is 22.4 Å². The van der Waals surface area contributed by atoms with Crippen LogP contribution in [0.15, 0.2) is 17.5 Å². The molecule has 1 aromatic heterocycles. The van der Waals surface area contributed by atoms with Crippen molar-refractivity contribution < 1.29 is 19.5 Å². The number of carbonyl (C=O) groups is 3. The highest BCUT2D eigenvalue weighted by Gasteiger charge is 2.08. The van der Waals surface area contributed by atoms with Gasteiger partial charge in [0.25, 0.3) is 5.91 Å². The van der Waals surface area contributed by atoms with Gasteiger partial charge in [-0.1, -0.05) is 12.5 Å². The molecule has 0 aliphatic carbocycles. The van der Waals surface area contributed by atoms with Crippen molar-refractivity contribution in [2.75, 3.05) is 13.1 Å². The summed E-state index contributed by atoms with van der Waals surface area (Å²) in [4.78, 5) is 33.8. The van der Waals surface area contributed by atoms with Crippen LogP contribution in [0.3, 0.4) is 0 Å². The van der Waals surface area contributed by atoms with Gasteiger partial charge in [0.2, 0.25) is 5.91 Å². The van der Waals surface area contributed by atoms with Gasteiger partial charge in [-0.25, -0.2) is 0 Å². The molecule has 0 unspecified atom stereocenters. The van der Waals surface area contributed by atoms with Gasteiger partial charge in [0.15, 0.2) is 0 Å². The van der Waals surface area contributed by atoms with E-state index in [1.807, 2.05) is 0 Å². The number of nitrogens with one attached hydrogen (secondary N) is 2. The second-order valence-corrected chi connectivity index (χ2v) is 5.16. The highest BCUT2D eigenvalue weighted by Crippen LogP contribution is 2.07. The van der Waals surface area contributed by atoms with Crippen molar-refractivity contribution in [3.63, 3.8) is 0 Å². The third-order valence-electron chi connectivity index (χ3n) is 2.54. The van der Waals surface area contributed by atoms with Gasteiger partial charge in [0, 0.05) is 13.0 Å². The highest BCUT2D eigenvalue weighted by atomic mass is 32.1. The Morgan fingerprint density at radius 1 is 1.15 bits per heavy atom. The van der Waals surface area contributed by atoms with Crippen molar-refractivity contribution in [3.8, 4) is 0 Å². The average molecular weight is 298 g/mol. The number of aliphatic carboxylic acids is 1. The molecule has 1 heterocycles. The zero-order chi connectivity index (χ0) is 14.8. The molecule has 110 valence electrons. The summed E-state index contributed by atoms with van der Waals surface area (Å²) in [6.45, 7) is 0.444. The van der Waals surface area contributed by atoms with Crippen LogP contribution < -0.4 is 10.6 Å². The van der Waals surface area contributed by atoms with Gasteiger partial charge in [-0.2, -0.15) is 0 Å². The number of unbranched alkanes of at least 4 members (excludes halogenated alkanes) is 2. The van der Waals surface area contributed by atoms with Gasteiger partial charge in [0.05, 0.1) is 11.4 Å². The first-order chi connectivity index (χ1) is 9.59. The summed E-state index contributed by atoms with van der Waals surface area (Å²) < 4.78 is 0. The van der Waals surface area contributed by atoms with Gasteiger partial charge in [0.1, 0.15) is 0 Å². The summed E-state index contributed by atoms with van der Waals surface area (Å²) in [5, 5.41) is 15.5. The minimum atomic E-state index is -0.801. The molecule has 0 aliphatic heterocycles. The Labute approximate surface area is 121 Å². The zero-order valence-electron chi connectivity index (χ0n) is 11.1. The molecule has 0 bridgehead atoms. The molecule has 2 amide bonds. The summed E-state index contributed by atoms with van der Waals surface area (Å²) in [6, 6.07) is 3.47. The fraction of sp³-hybridized carbons (Fsp3) is 0.462. The summed E-state index contributed by atoms with van der Waals surface area (Å²) in [5.41, 5.74) is 0. The number of amides is 2. The van der Waals surface area contributed by atoms with E-state index in [9.17, 15) is 14.4 Å². The van der Waals surface area contributed by atoms with E-state index in [1.165, 1.54) is 11.3 Å². The van der Waals surface area contributed by atoms with Crippen molar-refractivity contribution in [1.29, 1.82) is 0 Å². The summed E-state index contributed by atoms with van der Waals surface area (Å²) in [5.74, 6) is -1.30. The third kappa shape index (κ3) is 6.89. The largest absolute Gasteiger partial charge is 0.481 e. The smallest absolute Gasteiger partial charge is 0.303 e. The maximum Gasteiger partial charge on any atom is 0.303 e. The maximum absolute atomic E-state index is 11.6. The first-order valence-electron chi connectivity index (χ1n) is 6.40. The molecule has 0 atom stereocenters. The fourth-order valence-electron chi connectivity index (χ4n) is 1.52. The Bertz CT molecular complexity index is 445. The average Bonchev–Trinajstić information content (AvgIpc) is 2.93. The predicted molar refractivity (Wildman–Crippen MR) is 75.8 cm³/mol. The van der Waals surface area contributed by atoms with Crippen LogP contribution in [0.5, 0.6) is 0 Å². The Morgan fingerprint density at radius 2 is 1.95 bits per heavy atom. The first kappa shape index (κ1) is 16.2. The Balaban J connectivity index is 2.03. The van der Waals surface area contributed by atoms with Gasteiger partial charge in [-0.15, -0.1) is 11.3 Å². The van der Waals surface area contributed by atoms with Gasteiger partial charge >= 0.3 is 5.97 Å². The highest BCUT2D eigenvalue weighted by molar-refractivity contribution is 7.12. The molecular weight excluding hydrogens is 280 g/mol. The first-order valence-corrected chi connectivity index (χ1v) is 7.28. The van der Waals surface area contributed by atoms with Gasteiger partial charge in [-0.05, 0) is 24.3 Å². The molecule has 7 heteroatoms. The number of carboxylic acids is 1.